The quantitative estimate of drug-likeness (QED) is 0.503. The van der Waals surface area contributed by atoms with Gasteiger partial charge in [0.05, 0.1) is 0 Å². The van der Waals surface area contributed by atoms with Crippen molar-refractivity contribution in [1.29, 1.82) is 0 Å². The molecule has 1 fully saturated rings. The summed E-state index contributed by atoms with van der Waals surface area (Å²) in [5, 5.41) is 0. The monoisotopic (exact) mass is 314 g/mol. The molecule has 0 aliphatic carbocycles. The number of hydrogen-bond acceptors (Lipinski definition) is 2. The molecule has 9 heavy (non-hydrogen) atoms. The van der Waals surface area contributed by atoms with E-state index in [1.54, 1.807) is 0 Å². The van der Waals surface area contributed by atoms with Gasteiger partial charge in [0.2, 0.25) is 0 Å². The predicted octanol–water partition coefficient (Wildman–Crippen LogP) is 2.07. The van der Waals surface area contributed by atoms with Crippen LogP contribution in [0.5, 0.6) is 0 Å². The average Bonchev–Trinajstić information content (AvgIpc) is 1.81. The van der Waals surface area contributed by atoms with E-state index in [9.17, 15) is 8.78 Å². The SMILES string of the molecule is FC1(Br)OCOC1(F)I. The van der Waals surface area contributed by atoms with Gasteiger partial charge in [0, 0.05) is 22.6 Å². The van der Waals surface area contributed by atoms with Crippen LogP contribution in [0.4, 0.5) is 8.78 Å². The first-order valence-electron chi connectivity index (χ1n) is 1.99. The molecule has 0 aromatic carbocycles. The molecule has 54 valence electrons. The number of hydrogen-bond donors (Lipinski definition) is 0. The van der Waals surface area contributed by atoms with Crippen LogP contribution in [0.3, 0.4) is 0 Å². The van der Waals surface area contributed by atoms with Crippen LogP contribution in [0.1, 0.15) is 0 Å². The molecule has 2 unspecified atom stereocenters. The van der Waals surface area contributed by atoms with Crippen LogP contribution < -0.4 is 0 Å². The predicted molar refractivity (Wildman–Crippen MR) is 37.7 cm³/mol. The van der Waals surface area contributed by atoms with E-state index >= 15 is 0 Å². The first-order chi connectivity index (χ1) is 3.96. The minimum Gasteiger partial charge on any atom is -0.306 e. The molecule has 2 nitrogen and oxygen atoms in total. The van der Waals surface area contributed by atoms with Crippen molar-refractivity contribution in [3.8, 4) is 0 Å². The Balaban J connectivity index is 2.75. The maximum absolute atomic E-state index is 12.6. The molecule has 1 saturated heterocycles. The Morgan fingerprint density at radius 1 is 1.44 bits per heavy atom. The smallest absolute Gasteiger partial charge is 0.306 e. The molecule has 0 bridgehead atoms. The zero-order chi connectivity index (χ0) is 7.12. The van der Waals surface area contributed by atoms with Crippen LogP contribution in [-0.2, 0) is 9.47 Å². The molecule has 1 aliphatic rings. The molecule has 1 rings (SSSR count). The molecule has 6 heteroatoms. The van der Waals surface area contributed by atoms with Gasteiger partial charge in [-0.15, -0.1) is 0 Å². The van der Waals surface area contributed by atoms with E-state index in [4.69, 9.17) is 0 Å². The maximum Gasteiger partial charge on any atom is 0.336 e. The molecule has 0 amide bonds. The van der Waals surface area contributed by atoms with Gasteiger partial charge in [-0.25, -0.2) is 0 Å². The number of ether oxygens (including phenoxy) is 2. The largest absolute Gasteiger partial charge is 0.336 e. The van der Waals surface area contributed by atoms with Crippen LogP contribution in [0, 0.1) is 0 Å². The van der Waals surface area contributed by atoms with Gasteiger partial charge in [-0.05, 0) is 15.9 Å². The van der Waals surface area contributed by atoms with Crippen molar-refractivity contribution < 1.29 is 18.3 Å². The summed E-state index contributed by atoms with van der Waals surface area (Å²) < 4.78 is 28.7. The Morgan fingerprint density at radius 2 is 2.00 bits per heavy atom. The molecular weight excluding hydrogens is 313 g/mol. The van der Waals surface area contributed by atoms with Crippen LogP contribution >= 0.6 is 38.5 Å². The van der Waals surface area contributed by atoms with Gasteiger partial charge in [0.25, 0.3) is 0 Å². The second-order valence-corrected chi connectivity index (χ2v) is 3.85. The van der Waals surface area contributed by atoms with Crippen molar-refractivity contribution in [2.45, 2.75) is 8.63 Å². The van der Waals surface area contributed by atoms with Crippen LogP contribution in [0.2, 0.25) is 0 Å². The lowest BCUT2D eigenvalue weighted by Gasteiger charge is -2.17. The van der Waals surface area contributed by atoms with E-state index in [-0.39, 0.29) is 6.79 Å². The van der Waals surface area contributed by atoms with Gasteiger partial charge in [0.1, 0.15) is 0 Å². The second kappa shape index (κ2) is 2.24. The van der Waals surface area contributed by atoms with Crippen molar-refractivity contribution in [1.82, 2.24) is 0 Å². The normalized spacial score (nSPS) is 52.0. The van der Waals surface area contributed by atoms with Crippen molar-refractivity contribution in [2.75, 3.05) is 6.79 Å². The lowest BCUT2D eigenvalue weighted by atomic mass is 10.7. The topological polar surface area (TPSA) is 18.5 Å². The third-order valence-electron chi connectivity index (χ3n) is 0.819. The van der Waals surface area contributed by atoms with Gasteiger partial charge < -0.3 is 9.47 Å². The summed E-state index contributed by atoms with van der Waals surface area (Å²) in [5.41, 5.74) is 0. The fraction of sp³-hybridized carbons (Fsp3) is 1.00. The van der Waals surface area contributed by atoms with Gasteiger partial charge in [-0.1, -0.05) is 0 Å². The Kier molecular flexibility index (Phi) is 2.02. The van der Waals surface area contributed by atoms with Crippen LogP contribution in [0.15, 0.2) is 0 Å². The van der Waals surface area contributed by atoms with E-state index in [2.05, 4.69) is 25.4 Å². The highest BCUT2D eigenvalue weighted by Crippen LogP contribution is 2.47. The zero-order valence-electron chi connectivity index (χ0n) is 4.04. The van der Waals surface area contributed by atoms with E-state index in [0.717, 1.165) is 0 Å². The van der Waals surface area contributed by atoms with E-state index in [0.29, 0.717) is 0 Å². The van der Waals surface area contributed by atoms with Crippen molar-refractivity contribution in [3.63, 3.8) is 0 Å². The standard InChI is InChI=1S/C3H2BrF2IO2/c4-2(5)3(6,7)9-1-8-2/h1H2. The minimum absolute atomic E-state index is 0.374. The number of rotatable bonds is 0. The highest BCUT2D eigenvalue weighted by molar-refractivity contribution is 14.1. The molecule has 0 aromatic heterocycles. The number of halogens is 4. The number of alkyl halides is 4. The molecule has 2 atom stereocenters. The van der Waals surface area contributed by atoms with Crippen molar-refractivity contribution >= 4 is 38.5 Å². The van der Waals surface area contributed by atoms with Gasteiger partial charge in [-0.3, -0.25) is 0 Å². The average molecular weight is 315 g/mol. The summed E-state index contributed by atoms with van der Waals surface area (Å²) in [4.78, 5) is 0. The summed E-state index contributed by atoms with van der Waals surface area (Å²) in [6, 6.07) is 0. The summed E-state index contributed by atoms with van der Waals surface area (Å²) in [7, 11) is 0. The first-order valence-corrected chi connectivity index (χ1v) is 3.86. The molecule has 1 heterocycles. The lowest BCUT2D eigenvalue weighted by Crippen LogP contribution is -2.32. The first kappa shape index (κ1) is 8.09. The summed E-state index contributed by atoms with van der Waals surface area (Å²) in [6.07, 6.45) is 0. The summed E-state index contributed by atoms with van der Waals surface area (Å²) in [5.74, 6) is 0. The second-order valence-electron chi connectivity index (χ2n) is 1.44. The summed E-state index contributed by atoms with van der Waals surface area (Å²) in [6.45, 7) is -0.374. The molecule has 0 aromatic rings. The highest BCUT2D eigenvalue weighted by Gasteiger charge is 2.58. The van der Waals surface area contributed by atoms with Crippen molar-refractivity contribution in [3.05, 3.63) is 0 Å². The summed E-state index contributed by atoms with van der Waals surface area (Å²) >= 11 is 3.54. The Morgan fingerprint density at radius 3 is 2.11 bits per heavy atom. The third kappa shape index (κ3) is 1.36. The molecular formula is C3H2BrF2IO2. The maximum atomic E-state index is 12.6. The third-order valence-corrected chi connectivity index (χ3v) is 3.30. The van der Waals surface area contributed by atoms with Crippen molar-refractivity contribution in [2.24, 2.45) is 0 Å². The molecule has 1 aliphatic heterocycles. The van der Waals surface area contributed by atoms with Crippen LogP contribution in [-0.4, -0.2) is 15.4 Å². The highest BCUT2D eigenvalue weighted by atomic mass is 127. The minimum atomic E-state index is -2.50. The molecule has 0 N–H and O–H groups in total. The van der Waals surface area contributed by atoms with Crippen LogP contribution in [0.25, 0.3) is 0 Å². The lowest BCUT2D eigenvalue weighted by molar-refractivity contribution is -0.0713. The van der Waals surface area contributed by atoms with E-state index in [1.165, 1.54) is 22.6 Å². The van der Waals surface area contributed by atoms with E-state index in [1.807, 2.05) is 0 Å². The van der Waals surface area contributed by atoms with Gasteiger partial charge in [-0.2, -0.15) is 8.78 Å². The van der Waals surface area contributed by atoms with E-state index < -0.39 is 8.63 Å². The zero-order valence-corrected chi connectivity index (χ0v) is 7.78. The molecule has 0 saturated carbocycles. The molecule has 0 spiro atoms. The van der Waals surface area contributed by atoms with Gasteiger partial charge >= 0.3 is 8.63 Å². The van der Waals surface area contributed by atoms with Gasteiger partial charge in [0.15, 0.2) is 6.79 Å². The Labute approximate surface area is 72.2 Å². The fourth-order valence-corrected chi connectivity index (χ4v) is 0.836. The Bertz CT molecular complexity index is 115. The molecule has 0 radical (unpaired) electrons. The Hall–Kier alpha value is 0.990. The fourth-order valence-electron chi connectivity index (χ4n) is 0.346.